The Hall–Kier alpha value is -2.57. The topological polar surface area (TPSA) is 85.2 Å². The van der Waals surface area contributed by atoms with E-state index >= 15 is 0 Å². The maximum atomic E-state index is 13.8. The van der Waals surface area contributed by atoms with E-state index in [-0.39, 0.29) is 18.3 Å². The molecule has 0 spiro atoms. The fourth-order valence-electron chi connectivity index (χ4n) is 3.34. The number of nitrogens with two attached hydrogens (primary N) is 1. The summed E-state index contributed by atoms with van der Waals surface area (Å²) in [6.45, 7) is 1.66. The largest absolute Gasteiger partial charge is 0.416 e. The molecule has 3 N–H and O–H groups in total. The summed E-state index contributed by atoms with van der Waals surface area (Å²) >= 11 is 0. The number of aliphatic hydroxyl groups excluding tert-OH is 1. The minimum absolute atomic E-state index is 0.0413. The number of fused-ring (bicyclic) bond motifs is 1. The molecule has 0 fully saturated rings. The first kappa shape index (κ1) is 16.9. The molecular formula is C20H20FN3O2. The first-order valence-corrected chi connectivity index (χ1v) is 8.59. The van der Waals surface area contributed by atoms with Crippen LogP contribution in [0.4, 0.5) is 4.39 Å². The average molecular weight is 353 g/mol. The van der Waals surface area contributed by atoms with Gasteiger partial charge in [0.2, 0.25) is 11.8 Å². The lowest BCUT2D eigenvalue weighted by Gasteiger charge is -2.33. The molecule has 0 saturated carbocycles. The van der Waals surface area contributed by atoms with Crippen molar-refractivity contribution in [3.05, 3.63) is 58.9 Å². The van der Waals surface area contributed by atoms with E-state index < -0.39 is 5.54 Å². The van der Waals surface area contributed by atoms with Gasteiger partial charge in [0.1, 0.15) is 5.82 Å². The highest BCUT2D eigenvalue weighted by Crippen LogP contribution is 2.31. The van der Waals surface area contributed by atoms with E-state index in [2.05, 4.69) is 10.2 Å². The highest BCUT2D eigenvalue weighted by atomic mass is 19.1. The third-order valence-corrected chi connectivity index (χ3v) is 5.05. The van der Waals surface area contributed by atoms with Crippen molar-refractivity contribution in [2.75, 3.05) is 6.61 Å². The third-order valence-electron chi connectivity index (χ3n) is 5.05. The van der Waals surface area contributed by atoms with Gasteiger partial charge in [0.25, 0.3) is 0 Å². The van der Waals surface area contributed by atoms with E-state index in [1.807, 2.05) is 18.2 Å². The second-order valence-corrected chi connectivity index (χ2v) is 7.06. The number of hydrogen-bond acceptors (Lipinski definition) is 5. The molecule has 0 bridgehead atoms. The van der Waals surface area contributed by atoms with Crippen molar-refractivity contribution in [2.45, 2.75) is 31.7 Å². The molecule has 0 unspecified atom stereocenters. The molecule has 26 heavy (non-hydrogen) atoms. The molecule has 0 amide bonds. The van der Waals surface area contributed by atoms with Crippen LogP contribution in [0, 0.1) is 12.7 Å². The number of aromatic nitrogens is 2. The maximum absolute atomic E-state index is 13.8. The lowest BCUT2D eigenvalue weighted by Crippen LogP contribution is -2.48. The van der Waals surface area contributed by atoms with Gasteiger partial charge in [-0.25, -0.2) is 4.39 Å². The monoisotopic (exact) mass is 353 g/mol. The first-order valence-electron chi connectivity index (χ1n) is 8.59. The van der Waals surface area contributed by atoms with Gasteiger partial charge in [-0.3, -0.25) is 0 Å². The van der Waals surface area contributed by atoms with Crippen molar-refractivity contribution in [1.82, 2.24) is 10.2 Å². The summed E-state index contributed by atoms with van der Waals surface area (Å²) in [5, 5.41) is 17.7. The van der Waals surface area contributed by atoms with Gasteiger partial charge in [0.05, 0.1) is 6.61 Å². The Morgan fingerprint density at radius 2 is 1.81 bits per heavy atom. The number of hydrogen-bond donors (Lipinski definition) is 2. The zero-order valence-corrected chi connectivity index (χ0v) is 14.5. The quantitative estimate of drug-likeness (QED) is 0.756. The van der Waals surface area contributed by atoms with Crippen LogP contribution in [0.1, 0.15) is 23.1 Å². The number of aryl methyl sites for hydroxylation is 2. The third kappa shape index (κ3) is 3.02. The predicted octanol–water partition coefficient (Wildman–Crippen LogP) is 3.03. The second-order valence-electron chi connectivity index (χ2n) is 7.06. The van der Waals surface area contributed by atoms with Crippen molar-refractivity contribution >= 4 is 0 Å². The van der Waals surface area contributed by atoms with Crippen LogP contribution >= 0.6 is 0 Å². The van der Waals surface area contributed by atoms with Crippen molar-refractivity contribution in [3.63, 3.8) is 0 Å². The van der Waals surface area contributed by atoms with Gasteiger partial charge >= 0.3 is 0 Å². The molecule has 5 nitrogen and oxygen atoms in total. The Kier molecular flexibility index (Phi) is 4.09. The molecule has 3 aromatic rings. The number of aliphatic hydroxyl groups is 1. The summed E-state index contributed by atoms with van der Waals surface area (Å²) in [5.41, 5.74) is 9.87. The molecule has 1 aliphatic rings. The van der Waals surface area contributed by atoms with Crippen molar-refractivity contribution < 1.29 is 13.9 Å². The smallest absolute Gasteiger partial charge is 0.248 e. The van der Waals surface area contributed by atoms with Crippen LogP contribution in [0.5, 0.6) is 0 Å². The van der Waals surface area contributed by atoms with Crippen LogP contribution in [0.2, 0.25) is 0 Å². The molecule has 2 aromatic carbocycles. The number of halogens is 1. The Morgan fingerprint density at radius 3 is 2.50 bits per heavy atom. The van der Waals surface area contributed by atoms with E-state index in [0.29, 0.717) is 23.4 Å². The number of benzene rings is 2. The van der Waals surface area contributed by atoms with Gasteiger partial charge in [-0.2, -0.15) is 0 Å². The lowest BCUT2D eigenvalue weighted by atomic mass is 9.78. The molecule has 1 atom stereocenters. The minimum atomic E-state index is -0.578. The van der Waals surface area contributed by atoms with Gasteiger partial charge in [0.15, 0.2) is 0 Å². The Labute approximate surface area is 150 Å². The van der Waals surface area contributed by atoms with Gasteiger partial charge in [-0.05, 0) is 67.1 Å². The number of nitrogens with zero attached hydrogens (tertiary/aromatic N) is 2. The zero-order valence-electron chi connectivity index (χ0n) is 14.5. The van der Waals surface area contributed by atoms with Crippen molar-refractivity contribution in [2.24, 2.45) is 5.73 Å². The Morgan fingerprint density at radius 1 is 1.12 bits per heavy atom. The van der Waals surface area contributed by atoms with Gasteiger partial charge in [-0.15, -0.1) is 10.2 Å². The van der Waals surface area contributed by atoms with Gasteiger partial charge in [-0.1, -0.05) is 12.1 Å². The SMILES string of the molecule is Cc1ccc(-c2nnc(-c3ccc4c(c3)C[C@](N)(CO)CC4)o2)cc1F. The summed E-state index contributed by atoms with van der Waals surface area (Å²) in [5.74, 6) is 0.348. The van der Waals surface area contributed by atoms with Crippen LogP contribution in [0.25, 0.3) is 22.9 Å². The molecule has 6 heteroatoms. The molecule has 1 aromatic heterocycles. The molecule has 1 aliphatic carbocycles. The van der Waals surface area contributed by atoms with E-state index in [9.17, 15) is 9.50 Å². The summed E-state index contributed by atoms with van der Waals surface area (Å²) in [6, 6.07) is 10.8. The summed E-state index contributed by atoms with van der Waals surface area (Å²) in [6.07, 6.45) is 2.21. The molecule has 134 valence electrons. The first-order chi connectivity index (χ1) is 12.5. The summed E-state index contributed by atoms with van der Waals surface area (Å²) < 4.78 is 19.5. The van der Waals surface area contributed by atoms with Crippen molar-refractivity contribution in [3.8, 4) is 22.9 Å². The van der Waals surface area contributed by atoms with Gasteiger partial charge < -0.3 is 15.3 Å². The lowest BCUT2D eigenvalue weighted by molar-refractivity contribution is 0.181. The molecule has 1 heterocycles. The van der Waals surface area contributed by atoms with E-state index in [1.54, 1.807) is 19.1 Å². The van der Waals surface area contributed by atoms with Crippen LogP contribution in [-0.4, -0.2) is 27.4 Å². The highest BCUT2D eigenvalue weighted by Gasteiger charge is 2.30. The zero-order chi connectivity index (χ0) is 18.3. The molecule has 0 radical (unpaired) electrons. The molecule has 0 saturated heterocycles. The van der Waals surface area contributed by atoms with Crippen molar-refractivity contribution in [1.29, 1.82) is 0 Å². The fraction of sp³-hybridized carbons (Fsp3) is 0.300. The van der Waals surface area contributed by atoms with Crippen LogP contribution in [-0.2, 0) is 12.8 Å². The Balaban J connectivity index is 1.66. The standard InChI is InChI=1S/C20H20FN3O2/c1-12-2-3-15(9-17(12)21)19-24-23-18(26-19)14-5-4-13-6-7-20(22,11-25)10-16(13)8-14/h2-5,8-9,25H,6-7,10-11,22H2,1H3/t20-/m0/s1. The minimum Gasteiger partial charge on any atom is -0.416 e. The summed E-state index contributed by atoms with van der Waals surface area (Å²) in [7, 11) is 0. The molecule has 4 rings (SSSR count). The summed E-state index contributed by atoms with van der Waals surface area (Å²) in [4.78, 5) is 0. The maximum Gasteiger partial charge on any atom is 0.248 e. The highest BCUT2D eigenvalue weighted by molar-refractivity contribution is 5.60. The molecular weight excluding hydrogens is 333 g/mol. The second kappa shape index (κ2) is 6.30. The Bertz CT molecular complexity index is 969. The fourth-order valence-corrected chi connectivity index (χ4v) is 3.34. The average Bonchev–Trinajstić information content (AvgIpc) is 3.13. The predicted molar refractivity (Wildman–Crippen MR) is 95.9 cm³/mol. The van der Waals surface area contributed by atoms with Crippen LogP contribution in [0.3, 0.4) is 0 Å². The van der Waals surface area contributed by atoms with Crippen LogP contribution < -0.4 is 5.73 Å². The normalized spacial score (nSPS) is 19.4. The number of rotatable bonds is 3. The van der Waals surface area contributed by atoms with Gasteiger partial charge in [0, 0.05) is 16.7 Å². The molecule has 0 aliphatic heterocycles. The van der Waals surface area contributed by atoms with E-state index in [0.717, 1.165) is 24.0 Å². The van der Waals surface area contributed by atoms with E-state index in [1.165, 1.54) is 11.6 Å². The van der Waals surface area contributed by atoms with E-state index in [4.69, 9.17) is 10.2 Å². The van der Waals surface area contributed by atoms with Crippen LogP contribution in [0.15, 0.2) is 40.8 Å².